The number of carbonyl (C=O) groups excluding carboxylic acids is 1. The van der Waals surface area contributed by atoms with Crippen LogP contribution in [0.3, 0.4) is 0 Å². The number of anilines is 2. The van der Waals surface area contributed by atoms with Crippen molar-refractivity contribution >= 4 is 29.2 Å². The van der Waals surface area contributed by atoms with E-state index in [-0.39, 0.29) is 11.4 Å². The fourth-order valence-electron chi connectivity index (χ4n) is 1.71. The number of halogens is 3. The maximum absolute atomic E-state index is 13.6. The summed E-state index contributed by atoms with van der Waals surface area (Å²) in [6, 6.07) is 3.70. The molecule has 22 heavy (non-hydrogen) atoms. The summed E-state index contributed by atoms with van der Waals surface area (Å²) in [5, 5.41) is 8.56. The number of nitrogens with zero attached hydrogens (tertiary/aromatic N) is 2. The van der Waals surface area contributed by atoms with Crippen molar-refractivity contribution < 1.29 is 18.0 Å². The Morgan fingerprint density at radius 2 is 2.09 bits per heavy atom. The van der Waals surface area contributed by atoms with Gasteiger partial charge in [0.05, 0.1) is 11.9 Å². The molecule has 118 valence electrons. The first-order chi connectivity index (χ1) is 10.5. The van der Waals surface area contributed by atoms with Gasteiger partial charge in [0, 0.05) is 16.8 Å². The molecule has 2 aromatic rings. The zero-order valence-corrected chi connectivity index (χ0v) is 12.3. The van der Waals surface area contributed by atoms with Gasteiger partial charge in [0.25, 0.3) is 6.43 Å². The quantitative estimate of drug-likeness (QED) is 0.823. The van der Waals surface area contributed by atoms with Gasteiger partial charge in [-0.25, -0.2) is 18.0 Å². The van der Waals surface area contributed by atoms with E-state index in [9.17, 15) is 18.0 Å². The summed E-state index contributed by atoms with van der Waals surface area (Å²) in [5.74, 6) is -0.435. The Morgan fingerprint density at radius 3 is 2.73 bits per heavy atom. The second kappa shape index (κ2) is 7.21. The molecule has 0 bridgehead atoms. The predicted octanol–water partition coefficient (Wildman–Crippen LogP) is 3.65. The van der Waals surface area contributed by atoms with E-state index in [0.29, 0.717) is 4.90 Å². The lowest BCUT2D eigenvalue weighted by atomic mass is 10.3. The number of urea groups is 1. The smallest absolute Gasteiger partial charge is 0.308 e. The number of carbonyl (C=O) groups is 1. The summed E-state index contributed by atoms with van der Waals surface area (Å²) in [4.78, 5) is 12.2. The first-order valence-electron chi connectivity index (χ1n) is 6.20. The topological polar surface area (TPSA) is 59.0 Å². The summed E-state index contributed by atoms with van der Waals surface area (Å²) < 4.78 is 39.0. The minimum absolute atomic E-state index is 0.263. The van der Waals surface area contributed by atoms with E-state index in [1.54, 1.807) is 18.4 Å². The molecule has 0 spiro atoms. The van der Waals surface area contributed by atoms with Gasteiger partial charge in [-0.05, 0) is 24.5 Å². The highest BCUT2D eigenvalue weighted by Crippen LogP contribution is 2.22. The molecule has 0 atom stereocenters. The molecule has 0 saturated carbocycles. The van der Waals surface area contributed by atoms with Gasteiger partial charge in [0.15, 0.2) is 0 Å². The first-order valence-corrected chi connectivity index (χ1v) is 7.42. The highest BCUT2D eigenvalue weighted by molar-refractivity contribution is 7.98. The molecule has 0 saturated heterocycles. The molecule has 5 nitrogen and oxygen atoms in total. The molecule has 2 rings (SSSR count). The predicted molar refractivity (Wildman–Crippen MR) is 79.1 cm³/mol. The van der Waals surface area contributed by atoms with Gasteiger partial charge in [0.1, 0.15) is 12.4 Å². The molecule has 0 aliphatic carbocycles. The molecule has 9 heteroatoms. The van der Waals surface area contributed by atoms with E-state index < -0.39 is 24.8 Å². The minimum Gasteiger partial charge on any atom is -0.308 e. The van der Waals surface area contributed by atoms with Crippen molar-refractivity contribution in [3.8, 4) is 0 Å². The molecule has 1 aromatic carbocycles. The van der Waals surface area contributed by atoms with Gasteiger partial charge in [0.2, 0.25) is 0 Å². The number of aromatic nitrogens is 2. The highest BCUT2D eigenvalue weighted by atomic mass is 32.2. The molecule has 1 heterocycles. The number of benzene rings is 1. The van der Waals surface area contributed by atoms with Gasteiger partial charge in [-0.2, -0.15) is 5.10 Å². The Morgan fingerprint density at radius 1 is 1.36 bits per heavy atom. The van der Waals surface area contributed by atoms with Crippen molar-refractivity contribution in [2.45, 2.75) is 17.9 Å². The third kappa shape index (κ3) is 4.42. The van der Waals surface area contributed by atoms with Crippen molar-refractivity contribution in [2.24, 2.45) is 0 Å². The van der Waals surface area contributed by atoms with Crippen LogP contribution in [-0.4, -0.2) is 28.5 Å². The summed E-state index contributed by atoms with van der Waals surface area (Å²) in [6.07, 6.45) is 1.75. The van der Waals surface area contributed by atoms with E-state index in [0.717, 1.165) is 4.68 Å². The van der Waals surface area contributed by atoms with Crippen LogP contribution < -0.4 is 10.6 Å². The number of rotatable bonds is 5. The molecule has 1 aromatic heterocycles. The molecule has 0 aliphatic rings. The molecule has 0 aliphatic heterocycles. The van der Waals surface area contributed by atoms with Crippen LogP contribution in [0.25, 0.3) is 0 Å². The van der Waals surface area contributed by atoms with Crippen LogP contribution in [0.4, 0.5) is 29.3 Å². The highest BCUT2D eigenvalue weighted by Gasteiger charge is 2.09. The van der Waals surface area contributed by atoms with Gasteiger partial charge in [-0.3, -0.25) is 4.68 Å². The Bertz CT molecular complexity index is 662. The standard InChI is InChI=1S/C13H13F3N4OS/c1-22-11-3-2-8(4-10(11)14)18-13(21)19-9-5-17-20(6-9)7-12(15)16/h2-6,12H,7H2,1H3,(H2,18,19,21). The zero-order chi connectivity index (χ0) is 16.1. The van der Waals surface area contributed by atoms with Crippen LogP contribution in [0.1, 0.15) is 0 Å². The summed E-state index contributed by atoms with van der Waals surface area (Å²) >= 11 is 1.26. The third-order valence-electron chi connectivity index (χ3n) is 2.63. The van der Waals surface area contributed by atoms with Crippen LogP contribution in [0.2, 0.25) is 0 Å². The van der Waals surface area contributed by atoms with Gasteiger partial charge < -0.3 is 10.6 Å². The van der Waals surface area contributed by atoms with Crippen molar-refractivity contribution in [2.75, 3.05) is 16.9 Å². The average Bonchev–Trinajstić information content (AvgIpc) is 2.85. The number of hydrogen-bond donors (Lipinski definition) is 2. The normalized spacial score (nSPS) is 10.8. The Labute approximate surface area is 128 Å². The van der Waals surface area contributed by atoms with Crippen molar-refractivity contribution in [1.29, 1.82) is 0 Å². The van der Waals surface area contributed by atoms with Crippen LogP contribution in [-0.2, 0) is 6.54 Å². The summed E-state index contributed by atoms with van der Waals surface area (Å²) in [5.41, 5.74) is 0.548. The maximum atomic E-state index is 13.6. The first kappa shape index (κ1) is 16.2. The Hall–Kier alpha value is -2.16. The fraction of sp³-hybridized carbons (Fsp3) is 0.231. The van der Waals surface area contributed by atoms with Gasteiger partial charge in [-0.1, -0.05) is 0 Å². The number of amides is 2. The Balaban J connectivity index is 1.95. The third-order valence-corrected chi connectivity index (χ3v) is 3.40. The largest absolute Gasteiger partial charge is 0.323 e. The summed E-state index contributed by atoms with van der Waals surface area (Å²) in [6.45, 7) is -0.551. The van der Waals surface area contributed by atoms with Crippen LogP contribution in [0.5, 0.6) is 0 Å². The van der Waals surface area contributed by atoms with Crippen molar-refractivity contribution in [3.63, 3.8) is 0 Å². The van der Waals surface area contributed by atoms with Gasteiger partial charge >= 0.3 is 6.03 Å². The van der Waals surface area contributed by atoms with E-state index in [2.05, 4.69) is 15.7 Å². The van der Waals surface area contributed by atoms with Crippen molar-refractivity contribution in [1.82, 2.24) is 9.78 Å². The zero-order valence-electron chi connectivity index (χ0n) is 11.5. The maximum Gasteiger partial charge on any atom is 0.323 e. The van der Waals surface area contributed by atoms with E-state index in [1.807, 2.05) is 0 Å². The number of hydrogen-bond acceptors (Lipinski definition) is 3. The molecule has 2 N–H and O–H groups in total. The Kier molecular flexibility index (Phi) is 5.31. The fourth-order valence-corrected chi connectivity index (χ4v) is 2.17. The lowest BCUT2D eigenvalue weighted by Gasteiger charge is -2.07. The lowest BCUT2D eigenvalue weighted by molar-refractivity contribution is 0.122. The lowest BCUT2D eigenvalue weighted by Crippen LogP contribution is -2.19. The van der Waals surface area contributed by atoms with Gasteiger partial charge in [-0.15, -0.1) is 11.8 Å². The molecule has 0 radical (unpaired) electrons. The average molecular weight is 330 g/mol. The SMILES string of the molecule is CSc1ccc(NC(=O)Nc2cnn(CC(F)F)c2)cc1F. The van der Waals surface area contributed by atoms with E-state index >= 15 is 0 Å². The molecule has 0 fully saturated rings. The molecule has 0 unspecified atom stereocenters. The van der Waals surface area contributed by atoms with Crippen LogP contribution in [0.15, 0.2) is 35.5 Å². The van der Waals surface area contributed by atoms with Crippen molar-refractivity contribution in [3.05, 3.63) is 36.4 Å². The van der Waals surface area contributed by atoms with E-state index in [4.69, 9.17) is 0 Å². The molecular formula is C13H13F3N4OS. The molecule has 2 amide bonds. The van der Waals surface area contributed by atoms with E-state index in [1.165, 1.54) is 30.2 Å². The molecular weight excluding hydrogens is 317 g/mol. The number of thioether (sulfide) groups is 1. The number of alkyl halides is 2. The van der Waals surface area contributed by atoms with Crippen LogP contribution >= 0.6 is 11.8 Å². The second-order valence-corrected chi connectivity index (χ2v) is 5.12. The monoisotopic (exact) mass is 330 g/mol. The summed E-state index contributed by atoms with van der Waals surface area (Å²) in [7, 11) is 0. The van der Waals surface area contributed by atoms with Crippen LogP contribution in [0, 0.1) is 5.82 Å². The second-order valence-electron chi connectivity index (χ2n) is 4.27. The number of nitrogens with one attached hydrogen (secondary N) is 2. The minimum atomic E-state index is -2.53.